The number of halogens is 1. The molecule has 23 heavy (non-hydrogen) atoms. The van der Waals surface area contributed by atoms with Crippen molar-refractivity contribution < 1.29 is 0 Å². The first-order chi connectivity index (χ1) is 11.2. The number of hydrogen-bond acceptors (Lipinski definition) is 4. The minimum Gasteiger partial charge on any atom is -0.366 e. The van der Waals surface area contributed by atoms with Crippen LogP contribution in [0.3, 0.4) is 0 Å². The second-order valence-corrected chi connectivity index (χ2v) is 5.44. The molecule has 0 spiro atoms. The average molecular weight is 324 g/mol. The number of rotatable bonds is 4. The number of nitrogens with one attached hydrogen (secondary N) is 1. The smallest absolute Gasteiger partial charge is 0.161 e. The second kappa shape index (κ2) is 6.51. The zero-order valence-electron chi connectivity index (χ0n) is 12.5. The zero-order chi connectivity index (χ0) is 16.2. The van der Waals surface area contributed by atoms with Crippen LogP contribution in [-0.2, 0) is 13.6 Å². The van der Waals surface area contributed by atoms with E-state index in [9.17, 15) is 0 Å². The Labute approximate surface area is 139 Å². The van der Waals surface area contributed by atoms with E-state index < -0.39 is 0 Å². The maximum absolute atomic E-state index is 8.99. The van der Waals surface area contributed by atoms with Gasteiger partial charge in [-0.3, -0.25) is 4.68 Å². The molecule has 0 saturated heterocycles. The zero-order valence-corrected chi connectivity index (χ0v) is 13.2. The lowest BCUT2D eigenvalue weighted by Crippen LogP contribution is -2.02. The summed E-state index contributed by atoms with van der Waals surface area (Å²) in [6.07, 6.45) is 1.97. The summed E-state index contributed by atoms with van der Waals surface area (Å²) in [6, 6.07) is 15.4. The van der Waals surface area contributed by atoms with Crippen LogP contribution in [0.1, 0.15) is 11.3 Å². The van der Waals surface area contributed by atoms with Gasteiger partial charge in [-0.1, -0.05) is 41.9 Å². The average Bonchev–Trinajstić information content (AvgIpc) is 2.96. The first kappa shape index (κ1) is 15.1. The van der Waals surface area contributed by atoms with E-state index >= 15 is 0 Å². The molecule has 6 heteroatoms. The van der Waals surface area contributed by atoms with Crippen molar-refractivity contribution in [3.05, 3.63) is 64.9 Å². The Kier molecular flexibility index (Phi) is 4.26. The van der Waals surface area contributed by atoms with Crippen molar-refractivity contribution in [1.29, 1.82) is 5.26 Å². The van der Waals surface area contributed by atoms with Crippen LogP contribution in [0.5, 0.6) is 0 Å². The highest BCUT2D eigenvalue weighted by Gasteiger charge is 2.10. The van der Waals surface area contributed by atoms with Gasteiger partial charge in [0, 0.05) is 30.9 Å². The minimum absolute atomic E-state index is 0.214. The normalized spacial score (nSPS) is 10.3. The lowest BCUT2D eigenvalue weighted by Gasteiger charge is -2.07. The maximum atomic E-state index is 8.99. The molecular formula is C17H14ClN5. The Bertz CT molecular complexity index is 864. The highest BCUT2D eigenvalue weighted by molar-refractivity contribution is 6.31. The SMILES string of the molecule is Cn1cc(CNc2ccc(Cl)c(C#N)n2)c(-c2ccccc2)n1. The van der Waals surface area contributed by atoms with E-state index in [1.165, 1.54) is 0 Å². The van der Waals surface area contributed by atoms with Crippen LogP contribution in [-0.4, -0.2) is 14.8 Å². The van der Waals surface area contributed by atoms with Crippen LogP contribution < -0.4 is 5.32 Å². The topological polar surface area (TPSA) is 66.5 Å². The Morgan fingerprint density at radius 3 is 2.74 bits per heavy atom. The predicted molar refractivity (Wildman–Crippen MR) is 89.9 cm³/mol. The summed E-state index contributed by atoms with van der Waals surface area (Å²) in [6.45, 7) is 0.553. The van der Waals surface area contributed by atoms with Gasteiger partial charge in [0.15, 0.2) is 5.69 Å². The molecule has 2 heterocycles. The minimum atomic E-state index is 0.214. The molecule has 0 aliphatic heterocycles. The van der Waals surface area contributed by atoms with Crippen LogP contribution >= 0.6 is 11.6 Å². The summed E-state index contributed by atoms with van der Waals surface area (Å²) in [7, 11) is 1.89. The van der Waals surface area contributed by atoms with Gasteiger partial charge in [0.1, 0.15) is 11.9 Å². The summed E-state index contributed by atoms with van der Waals surface area (Å²) in [5.74, 6) is 0.605. The Morgan fingerprint density at radius 2 is 2.00 bits per heavy atom. The molecular weight excluding hydrogens is 310 g/mol. The van der Waals surface area contributed by atoms with Crippen molar-refractivity contribution in [2.45, 2.75) is 6.54 Å². The van der Waals surface area contributed by atoms with Gasteiger partial charge in [-0.25, -0.2) is 4.98 Å². The fourth-order valence-electron chi connectivity index (χ4n) is 2.31. The van der Waals surface area contributed by atoms with Gasteiger partial charge in [-0.05, 0) is 12.1 Å². The van der Waals surface area contributed by atoms with Crippen LogP contribution in [0, 0.1) is 11.3 Å². The van der Waals surface area contributed by atoms with Gasteiger partial charge >= 0.3 is 0 Å². The highest BCUT2D eigenvalue weighted by atomic mass is 35.5. The number of hydrogen-bond donors (Lipinski definition) is 1. The third-order valence-electron chi connectivity index (χ3n) is 3.36. The molecule has 0 aliphatic rings. The molecule has 2 aromatic heterocycles. The molecule has 0 amide bonds. The molecule has 0 radical (unpaired) electrons. The van der Waals surface area contributed by atoms with Crippen molar-refractivity contribution in [2.24, 2.45) is 7.05 Å². The number of aryl methyl sites for hydroxylation is 1. The fraction of sp³-hybridized carbons (Fsp3) is 0.118. The van der Waals surface area contributed by atoms with E-state index in [1.54, 1.807) is 16.8 Å². The summed E-state index contributed by atoms with van der Waals surface area (Å²) in [5, 5.41) is 17.1. The monoisotopic (exact) mass is 323 g/mol. The molecule has 5 nitrogen and oxygen atoms in total. The van der Waals surface area contributed by atoms with E-state index in [1.807, 2.05) is 49.6 Å². The summed E-state index contributed by atoms with van der Waals surface area (Å²) in [5.41, 5.74) is 3.25. The van der Waals surface area contributed by atoms with Gasteiger partial charge in [-0.15, -0.1) is 0 Å². The first-order valence-electron chi connectivity index (χ1n) is 7.06. The molecule has 1 aromatic carbocycles. The Hall–Kier alpha value is -2.84. The highest BCUT2D eigenvalue weighted by Crippen LogP contribution is 2.23. The van der Waals surface area contributed by atoms with Crippen LogP contribution in [0.15, 0.2) is 48.7 Å². The summed E-state index contributed by atoms with van der Waals surface area (Å²) in [4.78, 5) is 4.18. The van der Waals surface area contributed by atoms with E-state index in [0.717, 1.165) is 16.8 Å². The second-order valence-electron chi connectivity index (χ2n) is 5.03. The van der Waals surface area contributed by atoms with Gasteiger partial charge in [0.05, 0.1) is 10.7 Å². The van der Waals surface area contributed by atoms with E-state index in [-0.39, 0.29) is 5.69 Å². The number of nitrogens with zero attached hydrogens (tertiary/aromatic N) is 4. The lowest BCUT2D eigenvalue weighted by atomic mass is 10.1. The molecule has 0 atom stereocenters. The van der Waals surface area contributed by atoms with Crippen LogP contribution in [0.2, 0.25) is 5.02 Å². The molecule has 0 unspecified atom stereocenters. The first-order valence-corrected chi connectivity index (χ1v) is 7.43. The number of anilines is 1. The predicted octanol–water partition coefficient (Wildman–Crippen LogP) is 3.62. The molecule has 0 bridgehead atoms. The molecule has 0 aliphatic carbocycles. The van der Waals surface area contributed by atoms with Crippen molar-refractivity contribution in [1.82, 2.24) is 14.8 Å². The molecule has 114 valence electrons. The Balaban J connectivity index is 1.83. The maximum Gasteiger partial charge on any atom is 0.161 e. The Morgan fingerprint density at radius 1 is 1.22 bits per heavy atom. The molecule has 3 rings (SSSR count). The molecule has 0 fully saturated rings. The number of aromatic nitrogens is 3. The van der Waals surface area contributed by atoms with Gasteiger partial charge in [0.2, 0.25) is 0 Å². The number of pyridine rings is 1. The van der Waals surface area contributed by atoms with Crippen molar-refractivity contribution in [3.8, 4) is 17.3 Å². The van der Waals surface area contributed by atoms with Gasteiger partial charge < -0.3 is 5.32 Å². The van der Waals surface area contributed by atoms with E-state index in [2.05, 4.69) is 15.4 Å². The van der Waals surface area contributed by atoms with E-state index in [4.69, 9.17) is 16.9 Å². The van der Waals surface area contributed by atoms with Crippen LogP contribution in [0.25, 0.3) is 11.3 Å². The van der Waals surface area contributed by atoms with Crippen molar-refractivity contribution >= 4 is 17.4 Å². The third-order valence-corrected chi connectivity index (χ3v) is 3.67. The fourth-order valence-corrected chi connectivity index (χ4v) is 2.46. The quantitative estimate of drug-likeness (QED) is 0.796. The van der Waals surface area contributed by atoms with Gasteiger partial charge in [-0.2, -0.15) is 10.4 Å². The molecule has 3 aromatic rings. The third kappa shape index (κ3) is 3.33. The molecule has 0 saturated carbocycles. The van der Waals surface area contributed by atoms with Crippen LogP contribution in [0.4, 0.5) is 5.82 Å². The largest absolute Gasteiger partial charge is 0.366 e. The lowest BCUT2D eigenvalue weighted by molar-refractivity contribution is 0.770. The number of nitriles is 1. The van der Waals surface area contributed by atoms with Crippen molar-refractivity contribution in [2.75, 3.05) is 5.32 Å². The van der Waals surface area contributed by atoms with E-state index in [0.29, 0.717) is 17.4 Å². The van der Waals surface area contributed by atoms with Crippen molar-refractivity contribution in [3.63, 3.8) is 0 Å². The number of benzene rings is 1. The molecule has 1 N–H and O–H groups in total. The summed E-state index contributed by atoms with van der Waals surface area (Å²) >= 11 is 5.90. The summed E-state index contributed by atoms with van der Waals surface area (Å²) < 4.78 is 1.79. The van der Waals surface area contributed by atoms with Gasteiger partial charge in [0.25, 0.3) is 0 Å². The standard InChI is InChI=1S/C17H14ClN5/c1-23-11-13(17(22-23)12-5-3-2-4-6-12)10-20-16-8-7-14(18)15(9-19)21-16/h2-8,11H,10H2,1H3,(H,20,21).